The summed E-state index contributed by atoms with van der Waals surface area (Å²) in [6.45, 7) is 1.97. The van der Waals surface area contributed by atoms with E-state index in [1.54, 1.807) is 13.3 Å². The summed E-state index contributed by atoms with van der Waals surface area (Å²) < 4.78 is 47.0. The molecule has 35 heavy (non-hydrogen) atoms. The van der Waals surface area contributed by atoms with Gasteiger partial charge >= 0.3 is 6.18 Å². The number of methoxy groups -OCH3 is 1. The third kappa shape index (κ3) is 4.77. The van der Waals surface area contributed by atoms with Gasteiger partial charge in [0.05, 0.1) is 33.9 Å². The molecule has 2 heterocycles. The van der Waals surface area contributed by atoms with E-state index < -0.39 is 11.7 Å². The van der Waals surface area contributed by atoms with Gasteiger partial charge in [-0.2, -0.15) is 18.3 Å². The minimum absolute atomic E-state index is 0.140. The second kappa shape index (κ2) is 9.59. The molecule has 0 fully saturated rings. The van der Waals surface area contributed by atoms with Crippen molar-refractivity contribution in [2.24, 2.45) is 0 Å². The first-order valence-electron chi connectivity index (χ1n) is 10.8. The molecule has 2 aromatic heterocycles. The third-order valence-corrected chi connectivity index (χ3v) is 6.30. The van der Waals surface area contributed by atoms with Crippen LogP contribution < -0.4 is 9.64 Å². The molecular weight excluding hydrogens is 500 g/mol. The number of rotatable bonds is 6. The van der Waals surface area contributed by atoms with Crippen molar-refractivity contribution >= 4 is 39.9 Å². The lowest BCUT2D eigenvalue weighted by Crippen LogP contribution is -2.17. The molecule has 0 radical (unpaired) electrons. The molecule has 0 saturated heterocycles. The Morgan fingerprint density at radius 3 is 2.34 bits per heavy atom. The zero-order valence-corrected chi connectivity index (χ0v) is 21.1. The van der Waals surface area contributed by atoms with Crippen LogP contribution in [-0.4, -0.2) is 36.0 Å². The molecule has 0 aliphatic heterocycles. The molecule has 2 aromatic carbocycles. The van der Waals surface area contributed by atoms with Gasteiger partial charge in [0.15, 0.2) is 0 Å². The van der Waals surface area contributed by atoms with Gasteiger partial charge in [-0.25, -0.2) is 4.68 Å². The van der Waals surface area contributed by atoms with Gasteiger partial charge in [-0.3, -0.25) is 4.98 Å². The predicted molar refractivity (Wildman–Crippen MR) is 133 cm³/mol. The molecule has 4 rings (SSSR count). The summed E-state index contributed by atoms with van der Waals surface area (Å²) in [6.07, 6.45) is -1.78. The lowest BCUT2D eigenvalue weighted by atomic mass is 10.00. The summed E-state index contributed by atoms with van der Waals surface area (Å²) in [6, 6.07) is 9.50. The van der Waals surface area contributed by atoms with Crippen molar-refractivity contribution in [1.82, 2.24) is 14.8 Å². The number of halogens is 5. The van der Waals surface area contributed by atoms with Crippen molar-refractivity contribution < 1.29 is 17.9 Å². The summed E-state index contributed by atoms with van der Waals surface area (Å²) in [4.78, 5) is 6.24. The van der Waals surface area contributed by atoms with Crippen molar-refractivity contribution in [3.63, 3.8) is 0 Å². The zero-order valence-electron chi connectivity index (χ0n) is 19.5. The molecule has 10 heteroatoms. The fourth-order valence-corrected chi connectivity index (χ4v) is 4.81. The molecule has 0 saturated carbocycles. The Morgan fingerprint density at radius 1 is 1.09 bits per heavy atom. The van der Waals surface area contributed by atoms with Gasteiger partial charge in [0, 0.05) is 43.7 Å². The summed E-state index contributed by atoms with van der Waals surface area (Å²) in [5, 5.41) is 5.41. The van der Waals surface area contributed by atoms with E-state index in [-0.39, 0.29) is 15.7 Å². The number of ether oxygens (including phenoxy) is 1. The van der Waals surface area contributed by atoms with Crippen LogP contribution in [0.3, 0.4) is 0 Å². The highest BCUT2D eigenvalue weighted by molar-refractivity contribution is 6.38. The standard InChI is InChI=1S/C25H23Cl2F3N4O/c1-5-20-17(10-15-9-14-7-6-8-31-21(14)13-22(15)35-4)24(33(2)3)34(32-20)23-18(26)11-16(12-19(23)27)25(28,29)30/h6-9,11-13H,5,10H2,1-4H3. The maximum Gasteiger partial charge on any atom is 0.416 e. The van der Waals surface area contributed by atoms with E-state index in [9.17, 15) is 13.2 Å². The lowest BCUT2D eigenvalue weighted by molar-refractivity contribution is -0.137. The summed E-state index contributed by atoms with van der Waals surface area (Å²) >= 11 is 12.7. The highest BCUT2D eigenvalue weighted by Gasteiger charge is 2.33. The van der Waals surface area contributed by atoms with Crippen molar-refractivity contribution in [3.05, 3.63) is 75.0 Å². The number of benzene rings is 2. The number of hydrogen-bond donors (Lipinski definition) is 0. The molecule has 0 bridgehead atoms. The summed E-state index contributed by atoms with van der Waals surface area (Å²) in [7, 11) is 5.28. The van der Waals surface area contributed by atoms with Gasteiger partial charge in [0.1, 0.15) is 17.3 Å². The van der Waals surface area contributed by atoms with Crippen molar-refractivity contribution in [2.45, 2.75) is 25.9 Å². The number of aromatic nitrogens is 3. The molecule has 4 aromatic rings. The minimum Gasteiger partial charge on any atom is -0.496 e. The Balaban J connectivity index is 1.91. The number of aryl methyl sites for hydroxylation is 1. The van der Waals surface area contributed by atoms with E-state index >= 15 is 0 Å². The molecule has 0 N–H and O–H groups in total. The van der Waals surface area contributed by atoms with Crippen LogP contribution in [0.25, 0.3) is 16.6 Å². The molecule has 0 aliphatic rings. The fourth-order valence-electron chi connectivity index (χ4n) is 4.16. The number of fused-ring (bicyclic) bond motifs is 1. The van der Waals surface area contributed by atoms with Crippen molar-refractivity contribution in [2.75, 3.05) is 26.1 Å². The monoisotopic (exact) mass is 522 g/mol. The van der Waals surface area contributed by atoms with E-state index in [4.69, 9.17) is 33.0 Å². The van der Waals surface area contributed by atoms with E-state index in [1.165, 1.54) is 4.68 Å². The van der Waals surface area contributed by atoms with Crippen LogP contribution in [0.5, 0.6) is 5.75 Å². The normalized spacial score (nSPS) is 11.8. The lowest BCUT2D eigenvalue weighted by Gasteiger charge is -2.20. The van der Waals surface area contributed by atoms with Crippen LogP contribution in [0, 0.1) is 0 Å². The second-order valence-electron chi connectivity index (χ2n) is 8.23. The van der Waals surface area contributed by atoms with Gasteiger partial charge < -0.3 is 9.64 Å². The van der Waals surface area contributed by atoms with E-state index in [1.807, 2.05) is 50.2 Å². The largest absolute Gasteiger partial charge is 0.496 e. The molecule has 5 nitrogen and oxygen atoms in total. The highest BCUT2D eigenvalue weighted by atomic mass is 35.5. The number of alkyl halides is 3. The van der Waals surface area contributed by atoms with Gasteiger partial charge in [0.25, 0.3) is 0 Å². The van der Waals surface area contributed by atoms with E-state index in [0.717, 1.165) is 39.9 Å². The SMILES string of the molecule is CCc1nn(-c2c(Cl)cc(C(F)(F)F)cc2Cl)c(N(C)C)c1Cc1cc2cccnc2cc1OC. The summed E-state index contributed by atoms with van der Waals surface area (Å²) in [5.74, 6) is 1.35. The van der Waals surface area contributed by atoms with E-state index in [2.05, 4.69) is 4.98 Å². The Bertz CT molecular complexity index is 1380. The average Bonchev–Trinajstić information content (AvgIpc) is 3.15. The Kier molecular flexibility index (Phi) is 6.88. The smallest absolute Gasteiger partial charge is 0.416 e. The number of pyridine rings is 1. The van der Waals surface area contributed by atoms with Crippen LogP contribution in [0.2, 0.25) is 10.0 Å². The van der Waals surface area contributed by atoms with Crippen LogP contribution in [0.4, 0.5) is 19.0 Å². The van der Waals surface area contributed by atoms with Crippen molar-refractivity contribution in [1.29, 1.82) is 0 Å². The molecule has 184 valence electrons. The van der Waals surface area contributed by atoms with Crippen LogP contribution in [0.1, 0.15) is 29.3 Å². The van der Waals surface area contributed by atoms with Crippen LogP contribution >= 0.6 is 23.2 Å². The maximum absolute atomic E-state index is 13.3. The number of nitrogens with zero attached hydrogens (tertiary/aromatic N) is 4. The highest BCUT2D eigenvalue weighted by Crippen LogP contribution is 2.40. The third-order valence-electron chi connectivity index (χ3n) is 5.73. The molecule has 0 unspecified atom stereocenters. The fraction of sp³-hybridized carbons (Fsp3) is 0.280. The van der Waals surface area contributed by atoms with E-state index in [0.29, 0.717) is 24.4 Å². The first-order chi connectivity index (χ1) is 16.5. The first kappa shape index (κ1) is 25.1. The number of hydrogen-bond acceptors (Lipinski definition) is 4. The summed E-state index contributed by atoms with van der Waals surface area (Å²) in [5.41, 5.74) is 2.69. The van der Waals surface area contributed by atoms with Gasteiger partial charge in [0.2, 0.25) is 0 Å². The minimum atomic E-state index is -4.57. The topological polar surface area (TPSA) is 43.2 Å². The Hall–Kier alpha value is -2.97. The maximum atomic E-state index is 13.3. The van der Waals surface area contributed by atoms with Gasteiger partial charge in [-0.05, 0) is 36.2 Å². The molecule has 0 aliphatic carbocycles. The molecule has 0 spiro atoms. The molecule has 0 atom stereocenters. The molecular formula is C25H23Cl2F3N4O. The first-order valence-corrected chi connectivity index (χ1v) is 11.6. The number of anilines is 1. The van der Waals surface area contributed by atoms with Crippen LogP contribution in [0.15, 0.2) is 42.6 Å². The van der Waals surface area contributed by atoms with Gasteiger partial charge in [-0.1, -0.05) is 36.2 Å². The average molecular weight is 523 g/mol. The predicted octanol–water partition coefficient (Wildman–Crippen LogP) is 6.97. The van der Waals surface area contributed by atoms with Crippen molar-refractivity contribution in [3.8, 4) is 11.4 Å². The molecule has 0 amide bonds. The zero-order chi connectivity index (χ0) is 25.5. The Labute approximate surface area is 211 Å². The van der Waals surface area contributed by atoms with Crippen LogP contribution in [-0.2, 0) is 19.0 Å². The Morgan fingerprint density at radius 2 is 1.77 bits per heavy atom. The van der Waals surface area contributed by atoms with Gasteiger partial charge in [-0.15, -0.1) is 0 Å². The quantitative estimate of drug-likeness (QED) is 0.274. The second-order valence-corrected chi connectivity index (χ2v) is 9.05.